The van der Waals surface area contributed by atoms with Gasteiger partial charge >= 0.3 is 0 Å². The van der Waals surface area contributed by atoms with Crippen LogP contribution in [-0.4, -0.2) is 17.3 Å². The zero-order chi connectivity index (χ0) is 10.6. The maximum atomic E-state index is 9.46. The fraction of sp³-hybridized carbons (Fsp3) is 0.100. The fourth-order valence-electron chi connectivity index (χ4n) is 0.927. The number of para-hydroxylation sites is 1. The number of rotatable bonds is 2. The SMILES string of the molecule is C=C(OC(=S)NC)c1ccccc1O. The lowest BCUT2D eigenvalue weighted by Crippen LogP contribution is -2.17. The Morgan fingerprint density at radius 3 is 2.71 bits per heavy atom. The van der Waals surface area contributed by atoms with E-state index in [1.807, 2.05) is 0 Å². The number of phenolic OH excluding ortho intramolecular Hbond substituents is 1. The van der Waals surface area contributed by atoms with E-state index in [0.29, 0.717) is 11.3 Å². The summed E-state index contributed by atoms with van der Waals surface area (Å²) in [6.45, 7) is 3.66. The fourth-order valence-corrected chi connectivity index (χ4v) is 1.03. The highest BCUT2D eigenvalue weighted by atomic mass is 32.1. The summed E-state index contributed by atoms with van der Waals surface area (Å²) in [5.41, 5.74) is 0.533. The molecule has 0 aliphatic rings. The minimum absolute atomic E-state index is 0.122. The Hall–Kier alpha value is -1.55. The van der Waals surface area contributed by atoms with E-state index in [-0.39, 0.29) is 10.9 Å². The number of phenols is 1. The van der Waals surface area contributed by atoms with Gasteiger partial charge in [0.2, 0.25) is 0 Å². The molecule has 0 bridgehead atoms. The van der Waals surface area contributed by atoms with Crippen LogP contribution < -0.4 is 5.32 Å². The molecular formula is C10H11NO2S. The van der Waals surface area contributed by atoms with Crippen molar-refractivity contribution in [2.75, 3.05) is 7.05 Å². The summed E-state index contributed by atoms with van der Waals surface area (Å²) in [7, 11) is 1.65. The summed E-state index contributed by atoms with van der Waals surface area (Å²) < 4.78 is 5.13. The van der Waals surface area contributed by atoms with Gasteiger partial charge in [-0.3, -0.25) is 0 Å². The Morgan fingerprint density at radius 2 is 2.14 bits per heavy atom. The summed E-state index contributed by atoms with van der Waals surface area (Å²) in [5, 5.41) is 12.3. The quantitative estimate of drug-likeness (QED) is 0.576. The Labute approximate surface area is 88.0 Å². The van der Waals surface area contributed by atoms with Crippen LogP contribution in [0.1, 0.15) is 5.56 Å². The van der Waals surface area contributed by atoms with Gasteiger partial charge in [-0.2, -0.15) is 0 Å². The molecule has 0 saturated carbocycles. The first-order valence-corrected chi connectivity index (χ1v) is 4.43. The van der Waals surface area contributed by atoms with Crippen molar-refractivity contribution in [1.29, 1.82) is 0 Å². The molecule has 1 aromatic carbocycles. The van der Waals surface area contributed by atoms with E-state index >= 15 is 0 Å². The molecule has 0 amide bonds. The van der Waals surface area contributed by atoms with Gasteiger partial charge in [0.15, 0.2) is 0 Å². The number of hydrogen-bond acceptors (Lipinski definition) is 3. The average Bonchev–Trinajstić information content (AvgIpc) is 2.18. The van der Waals surface area contributed by atoms with Gasteiger partial charge in [-0.05, 0) is 24.4 Å². The highest BCUT2D eigenvalue weighted by Crippen LogP contribution is 2.23. The number of benzene rings is 1. The number of nitrogens with one attached hydrogen (secondary N) is 1. The van der Waals surface area contributed by atoms with Crippen molar-refractivity contribution < 1.29 is 9.84 Å². The summed E-state index contributed by atoms with van der Waals surface area (Å²) in [6.07, 6.45) is 0. The van der Waals surface area contributed by atoms with Crippen molar-refractivity contribution in [3.63, 3.8) is 0 Å². The molecule has 0 fully saturated rings. The van der Waals surface area contributed by atoms with Crippen LogP contribution in [0.5, 0.6) is 5.75 Å². The Balaban J connectivity index is 2.80. The minimum atomic E-state index is 0.122. The number of thiocarbonyl (C=S) groups is 1. The van der Waals surface area contributed by atoms with Crippen LogP contribution in [-0.2, 0) is 4.74 Å². The summed E-state index contributed by atoms with van der Waals surface area (Å²) in [6, 6.07) is 6.77. The van der Waals surface area contributed by atoms with Crippen molar-refractivity contribution in [3.8, 4) is 5.75 Å². The molecule has 0 aliphatic heterocycles. The highest BCUT2D eigenvalue weighted by molar-refractivity contribution is 7.80. The van der Waals surface area contributed by atoms with Crippen molar-refractivity contribution in [3.05, 3.63) is 36.4 Å². The number of ether oxygens (including phenoxy) is 1. The topological polar surface area (TPSA) is 41.5 Å². The van der Waals surface area contributed by atoms with Crippen LogP contribution in [0.4, 0.5) is 0 Å². The van der Waals surface area contributed by atoms with Gasteiger partial charge in [0, 0.05) is 7.05 Å². The predicted molar refractivity (Wildman–Crippen MR) is 59.9 cm³/mol. The van der Waals surface area contributed by atoms with Crippen molar-refractivity contribution in [1.82, 2.24) is 5.32 Å². The van der Waals surface area contributed by atoms with Crippen molar-refractivity contribution >= 4 is 23.2 Å². The van der Waals surface area contributed by atoms with Gasteiger partial charge in [-0.25, -0.2) is 0 Å². The molecule has 74 valence electrons. The van der Waals surface area contributed by atoms with Gasteiger partial charge in [0.25, 0.3) is 5.17 Å². The lowest BCUT2D eigenvalue weighted by atomic mass is 10.2. The molecule has 3 nitrogen and oxygen atoms in total. The first kappa shape index (κ1) is 10.5. The molecule has 0 unspecified atom stereocenters. The van der Waals surface area contributed by atoms with Crippen LogP contribution in [0.15, 0.2) is 30.8 Å². The van der Waals surface area contributed by atoms with E-state index in [2.05, 4.69) is 11.9 Å². The lowest BCUT2D eigenvalue weighted by molar-refractivity contribution is 0.459. The van der Waals surface area contributed by atoms with Gasteiger partial charge in [-0.1, -0.05) is 18.7 Å². The minimum Gasteiger partial charge on any atom is -0.507 e. The van der Waals surface area contributed by atoms with E-state index in [0.717, 1.165) is 0 Å². The smallest absolute Gasteiger partial charge is 0.261 e. The van der Waals surface area contributed by atoms with Gasteiger partial charge in [0.1, 0.15) is 11.5 Å². The van der Waals surface area contributed by atoms with Gasteiger partial charge in [-0.15, -0.1) is 0 Å². The average molecular weight is 209 g/mol. The predicted octanol–water partition coefficient (Wildman–Crippen LogP) is 1.88. The monoisotopic (exact) mass is 209 g/mol. The van der Waals surface area contributed by atoms with Crippen LogP contribution in [0.3, 0.4) is 0 Å². The normalized spacial score (nSPS) is 9.21. The second-order valence-corrected chi connectivity index (χ2v) is 2.95. The van der Waals surface area contributed by atoms with E-state index < -0.39 is 0 Å². The molecule has 1 rings (SSSR count). The van der Waals surface area contributed by atoms with E-state index in [1.165, 1.54) is 0 Å². The molecule has 0 atom stereocenters. The molecule has 0 aromatic heterocycles. The third-order valence-corrected chi connectivity index (χ3v) is 1.91. The summed E-state index contributed by atoms with van der Waals surface area (Å²) in [5.74, 6) is 0.443. The lowest BCUT2D eigenvalue weighted by Gasteiger charge is -2.09. The molecule has 0 radical (unpaired) electrons. The number of aromatic hydroxyl groups is 1. The van der Waals surface area contributed by atoms with Crippen LogP contribution in [0.2, 0.25) is 0 Å². The van der Waals surface area contributed by atoms with Crippen LogP contribution in [0, 0.1) is 0 Å². The Morgan fingerprint density at radius 1 is 1.50 bits per heavy atom. The standard InChI is InChI=1S/C10H11NO2S/c1-7(13-10(14)11-2)8-5-3-4-6-9(8)12/h3-6,12H,1H2,2H3,(H,11,14). The van der Waals surface area contributed by atoms with Crippen molar-refractivity contribution in [2.45, 2.75) is 0 Å². The second-order valence-electron chi connectivity index (χ2n) is 2.58. The molecule has 0 saturated heterocycles. The summed E-state index contributed by atoms with van der Waals surface area (Å²) >= 11 is 4.80. The molecule has 4 heteroatoms. The van der Waals surface area contributed by atoms with Crippen LogP contribution in [0.25, 0.3) is 5.76 Å². The molecule has 1 aromatic rings. The third kappa shape index (κ3) is 2.47. The molecular weight excluding hydrogens is 198 g/mol. The van der Waals surface area contributed by atoms with E-state index in [4.69, 9.17) is 17.0 Å². The third-order valence-electron chi connectivity index (χ3n) is 1.62. The highest BCUT2D eigenvalue weighted by Gasteiger charge is 2.06. The first-order chi connectivity index (χ1) is 6.65. The maximum absolute atomic E-state index is 9.46. The number of hydrogen-bond donors (Lipinski definition) is 2. The second kappa shape index (κ2) is 4.62. The summed E-state index contributed by atoms with van der Waals surface area (Å²) in [4.78, 5) is 0. The molecule has 0 spiro atoms. The van der Waals surface area contributed by atoms with E-state index in [9.17, 15) is 5.11 Å². The molecule has 0 heterocycles. The Bertz CT molecular complexity index is 363. The molecule has 14 heavy (non-hydrogen) atoms. The maximum Gasteiger partial charge on any atom is 0.261 e. The first-order valence-electron chi connectivity index (χ1n) is 4.02. The molecule has 0 aliphatic carbocycles. The van der Waals surface area contributed by atoms with Gasteiger partial charge in [0.05, 0.1) is 5.56 Å². The zero-order valence-corrected chi connectivity index (χ0v) is 8.60. The largest absolute Gasteiger partial charge is 0.507 e. The van der Waals surface area contributed by atoms with E-state index in [1.54, 1.807) is 31.3 Å². The van der Waals surface area contributed by atoms with Crippen molar-refractivity contribution in [2.24, 2.45) is 0 Å². The van der Waals surface area contributed by atoms with Gasteiger partial charge < -0.3 is 15.2 Å². The zero-order valence-electron chi connectivity index (χ0n) is 7.78. The van der Waals surface area contributed by atoms with Crippen LogP contribution >= 0.6 is 12.2 Å². The Kier molecular flexibility index (Phi) is 3.48. The molecule has 2 N–H and O–H groups in total.